The van der Waals surface area contributed by atoms with E-state index in [-0.39, 0.29) is 11.8 Å². The van der Waals surface area contributed by atoms with Gasteiger partial charge in [-0.15, -0.1) is 0 Å². The number of pyridine rings is 1. The Balaban J connectivity index is 2.10. The number of nitrogens with one attached hydrogen (secondary N) is 1. The Hall–Kier alpha value is -1.43. The number of aromatic nitrogens is 1. The van der Waals surface area contributed by atoms with E-state index in [1.807, 2.05) is 0 Å². The first-order valence-electron chi connectivity index (χ1n) is 6.11. The summed E-state index contributed by atoms with van der Waals surface area (Å²) in [4.78, 5) is 3.91. The van der Waals surface area contributed by atoms with Crippen LogP contribution in [0.1, 0.15) is 24.1 Å². The average Bonchev–Trinajstić information content (AvgIpc) is 2.41. The highest BCUT2D eigenvalue weighted by Gasteiger charge is 2.17. The van der Waals surface area contributed by atoms with Gasteiger partial charge < -0.3 is 0 Å². The van der Waals surface area contributed by atoms with E-state index in [0.717, 1.165) is 5.56 Å². The van der Waals surface area contributed by atoms with Crippen molar-refractivity contribution in [2.75, 3.05) is 0 Å². The zero-order valence-electron chi connectivity index (χ0n) is 11.0. The summed E-state index contributed by atoms with van der Waals surface area (Å²) in [5.74, 6) is -0.137. The van der Waals surface area contributed by atoms with Crippen molar-refractivity contribution in [2.24, 2.45) is 0 Å². The smallest absolute Gasteiger partial charge is 0.216 e. The maximum Gasteiger partial charge on any atom is 0.216 e. The van der Waals surface area contributed by atoms with E-state index in [2.05, 4.69) is 9.71 Å². The molecule has 1 heterocycles. The first-order chi connectivity index (χ1) is 9.48. The predicted octanol–water partition coefficient (Wildman–Crippen LogP) is 2.92. The minimum absolute atomic E-state index is 0.137. The van der Waals surface area contributed by atoms with Gasteiger partial charge in [0, 0.05) is 23.5 Å². The van der Waals surface area contributed by atoms with Gasteiger partial charge >= 0.3 is 0 Å². The van der Waals surface area contributed by atoms with E-state index in [1.165, 1.54) is 0 Å². The Labute approximate surface area is 123 Å². The summed E-state index contributed by atoms with van der Waals surface area (Å²) in [6.07, 6.45) is 3.27. The Morgan fingerprint density at radius 1 is 1.20 bits per heavy atom. The molecule has 0 aliphatic carbocycles. The van der Waals surface area contributed by atoms with E-state index in [9.17, 15) is 8.42 Å². The van der Waals surface area contributed by atoms with E-state index >= 15 is 0 Å². The van der Waals surface area contributed by atoms with Crippen LogP contribution in [0.2, 0.25) is 5.02 Å². The van der Waals surface area contributed by atoms with Crippen LogP contribution in [0.15, 0.2) is 48.8 Å². The quantitative estimate of drug-likeness (QED) is 0.923. The summed E-state index contributed by atoms with van der Waals surface area (Å²) in [5, 5.41) is 0.453. The summed E-state index contributed by atoms with van der Waals surface area (Å²) in [6.45, 7) is 1.79. The standard InChI is InChI=1S/C14H15ClN2O2S/c1-11(12-6-8-16-9-7-12)17-20(18,19)10-13-4-2-3-5-14(13)15/h2-9,11,17H,10H2,1H3/t11-/m1/s1. The highest BCUT2D eigenvalue weighted by atomic mass is 35.5. The number of benzene rings is 1. The van der Waals surface area contributed by atoms with Crippen LogP contribution in [0.5, 0.6) is 0 Å². The second kappa shape index (κ2) is 6.35. The molecule has 0 bridgehead atoms. The van der Waals surface area contributed by atoms with Crippen LogP contribution >= 0.6 is 11.6 Å². The van der Waals surface area contributed by atoms with Crippen LogP contribution in [0.25, 0.3) is 0 Å². The first-order valence-corrected chi connectivity index (χ1v) is 8.14. The fourth-order valence-electron chi connectivity index (χ4n) is 1.85. The average molecular weight is 311 g/mol. The highest BCUT2D eigenvalue weighted by Crippen LogP contribution is 2.19. The lowest BCUT2D eigenvalue weighted by molar-refractivity contribution is 0.566. The van der Waals surface area contributed by atoms with E-state index in [4.69, 9.17) is 11.6 Å². The third-order valence-electron chi connectivity index (χ3n) is 2.87. The molecule has 0 aliphatic rings. The van der Waals surface area contributed by atoms with Crippen molar-refractivity contribution in [3.63, 3.8) is 0 Å². The molecule has 6 heteroatoms. The molecule has 0 saturated carbocycles. The third kappa shape index (κ3) is 4.03. The summed E-state index contributed by atoms with van der Waals surface area (Å²) in [5.41, 5.74) is 1.45. The monoisotopic (exact) mass is 310 g/mol. The van der Waals surface area contributed by atoms with Crippen LogP contribution in [-0.4, -0.2) is 13.4 Å². The number of nitrogens with zero attached hydrogens (tertiary/aromatic N) is 1. The fraction of sp³-hybridized carbons (Fsp3) is 0.214. The van der Waals surface area contributed by atoms with Crippen LogP contribution < -0.4 is 4.72 Å². The lowest BCUT2D eigenvalue weighted by Crippen LogP contribution is -2.28. The van der Waals surface area contributed by atoms with E-state index < -0.39 is 10.0 Å². The Morgan fingerprint density at radius 3 is 2.50 bits per heavy atom. The highest BCUT2D eigenvalue weighted by molar-refractivity contribution is 7.88. The molecule has 2 rings (SSSR count). The molecule has 4 nitrogen and oxygen atoms in total. The molecule has 1 atom stereocenters. The van der Waals surface area contributed by atoms with Gasteiger partial charge in [-0.05, 0) is 36.2 Å². The van der Waals surface area contributed by atoms with Crippen molar-refractivity contribution >= 4 is 21.6 Å². The Kier molecular flexibility index (Phi) is 4.75. The minimum Gasteiger partial charge on any atom is -0.265 e. The second-order valence-corrected chi connectivity index (χ2v) is 6.63. The topological polar surface area (TPSA) is 59.1 Å². The van der Waals surface area contributed by atoms with E-state index in [0.29, 0.717) is 10.6 Å². The molecule has 1 aromatic carbocycles. The number of hydrogen-bond donors (Lipinski definition) is 1. The molecule has 106 valence electrons. The number of rotatable bonds is 5. The van der Waals surface area contributed by atoms with E-state index in [1.54, 1.807) is 55.7 Å². The molecular weight excluding hydrogens is 296 g/mol. The van der Waals surface area contributed by atoms with Gasteiger partial charge in [-0.1, -0.05) is 29.8 Å². The van der Waals surface area contributed by atoms with Crippen molar-refractivity contribution < 1.29 is 8.42 Å². The third-order valence-corrected chi connectivity index (χ3v) is 4.64. The van der Waals surface area contributed by atoms with Crippen LogP contribution in [0.4, 0.5) is 0 Å². The summed E-state index contributed by atoms with van der Waals surface area (Å²) < 4.78 is 26.9. The van der Waals surface area contributed by atoms with Gasteiger partial charge in [-0.2, -0.15) is 0 Å². The van der Waals surface area contributed by atoms with Gasteiger partial charge in [0.05, 0.1) is 5.75 Å². The van der Waals surface area contributed by atoms with Crippen molar-refractivity contribution in [2.45, 2.75) is 18.7 Å². The lowest BCUT2D eigenvalue weighted by atomic mass is 10.1. The van der Waals surface area contributed by atoms with Crippen molar-refractivity contribution in [3.05, 3.63) is 64.9 Å². The zero-order valence-corrected chi connectivity index (χ0v) is 12.5. The van der Waals surface area contributed by atoms with Gasteiger partial charge in [0.15, 0.2) is 0 Å². The maximum absolute atomic E-state index is 12.2. The van der Waals surface area contributed by atoms with Crippen molar-refractivity contribution in [3.8, 4) is 0 Å². The number of sulfonamides is 1. The molecule has 0 saturated heterocycles. The SMILES string of the molecule is C[C@@H](NS(=O)(=O)Cc1ccccc1Cl)c1ccncc1. The Bertz CT molecular complexity index is 675. The van der Waals surface area contributed by atoms with Gasteiger partial charge in [-0.3, -0.25) is 4.98 Å². The normalized spacial score (nSPS) is 13.1. The molecule has 1 aromatic heterocycles. The van der Waals surface area contributed by atoms with Gasteiger partial charge in [0.2, 0.25) is 10.0 Å². The zero-order chi connectivity index (χ0) is 14.6. The molecule has 0 spiro atoms. The van der Waals surface area contributed by atoms with Crippen LogP contribution in [-0.2, 0) is 15.8 Å². The van der Waals surface area contributed by atoms with Gasteiger partial charge in [-0.25, -0.2) is 13.1 Å². The molecule has 0 fully saturated rings. The Morgan fingerprint density at radius 2 is 1.85 bits per heavy atom. The lowest BCUT2D eigenvalue weighted by Gasteiger charge is -2.14. The molecule has 2 aromatic rings. The number of hydrogen-bond acceptors (Lipinski definition) is 3. The van der Waals surface area contributed by atoms with Gasteiger partial charge in [0.25, 0.3) is 0 Å². The molecule has 0 aliphatic heterocycles. The molecule has 0 radical (unpaired) electrons. The summed E-state index contributed by atoms with van der Waals surface area (Å²) in [6, 6.07) is 10.2. The van der Waals surface area contributed by atoms with Crippen molar-refractivity contribution in [1.82, 2.24) is 9.71 Å². The maximum atomic E-state index is 12.2. The predicted molar refractivity (Wildman–Crippen MR) is 79.9 cm³/mol. The van der Waals surface area contributed by atoms with Crippen LogP contribution in [0, 0.1) is 0 Å². The molecular formula is C14H15ClN2O2S. The minimum atomic E-state index is -3.46. The molecule has 0 amide bonds. The first kappa shape index (κ1) is 15.0. The van der Waals surface area contributed by atoms with Crippen molar-refractivity contribution in [1.29, 1.82) is 0 Å². The molecule has 0 unspecified atom stereocenters. The summed E-state index contributed by atoms with van der Waals surface area (Å²) in [7, 11) is -3.46. The second-order valence-electron chi connectivity index (χ2n) is 4.47. The molecule has 1 N–H and O–H groups in total. The fourth-order valence-corrected chi connectivity index (χ4v) is 3.55. The number of halogens is 1. The summed E-state index contributed by atoms with van der Waals surface area (Å²) >= 11 is 5.98. The molecule has 20 heavy (non-hydrogen) atoms. The van der Waals surface area contributed by atoms with Crippen LogP contribution in [0.3, 0.4) is 0 Å². The van der Waals surface area contributed by atoms with Gasteiger partial charge in [0.1, 0.15) is 0 Å². The largest absolute Gasteiger partial charge is 0.265 e.